The van der Waals surface area contributed by atoms with E-state index >= 15 is 0 Å². The molecule has 0 radical (unpaired) electrons. The third-order valence-electron chi connectivity index (χ3n) is 2.75. The van der Waals surface area contributed by atoms with Crippen molar-refractivity contribution in [2.45, 2.75) is 46.0 Å². The second-order valence-corrected chi connectivity index (χ2v) is 4.26. The zero-order chi connectivity index (χ0) is 12.0. The van der Waals surface area contributed by atoms with Gasteiger partial charge in [-0.25, -0.2) is 0 Å². The molecule has 1 nitrogen and oxygen atoms in total. The van der Waals surface area contributed by atoms with Crippen LogP contribution in [0.4, 0.5) is 0 Å². The molecule has 0 saturated carbocycles. The molecule has 1 aromatic rings. The highest BCUT2D eigenvalue weighted by atomic mass is 16.3. The number of phenols is 1. The van der Waals surface area contributed by atoms with Crippen LogP contribution in [0.25, 0.3) is 0 Å². The zero-order valence-corrected chi connectivity index (χ0v) is 10.4. The number of phenolic OH excluding ortho intramolecular Hbond substituents is 1. The second kappa shape index (κ2) is 6.37. The third-order valence-corrected chi connectivity index (χ3v) is 2.75. The number of aromatic hydroxyl groups is 1. The minimum Gasteiger partial charge on any atom is -0.507 e. The molecule has 0 aromatic heterocycles. The van der Waals surface area contributed by atoms with Crippen molar-refractivity contribution >= 4 is 0 Å². The lowest BCUT2D eigenvalue weighted by atomic mass is 9.97. The van der Waals surface area contributed by atoms with E-state index in [-0.39, 0.29) is 0 Å². The van der Waals surface area contributed by atoms with Gasteiger partial charge in [-0.1, -0.05) is 44.9 Å². The maximum atomic E-state index is 10.1. The molecule has 1 rings (SSSR count). The Kier molecular flexibility index (Phi) is 5.10. The topological polar surface area (TPSA) is 20.2 Å². The van der Waals surface area contributed by atoms with Crippen LogP contribution in [0.15, 0.2) is 24.8 Å². The van der Waals surface area contributed by atoms with Crippen LogP contribution in [0.3, 0.4) is 0 Å². The van der Waals surface area contributed by atoms with Crippen LogP contribution < -0.4 is 0 Å². The molecular formula is C15H22O. The Balaban J connectivity index is 3.09. The molecule has 0 heterocycles. The van der Waals surface area contributed by atoms with Crippen molar-refractivity contribution in [3.8, 4) is 5.75 Å². The Morgan fingerprint density at radius 1 is 1.12 bits per heavy atom. The molecule has 0 aliphatic rings. The fraction of sp³-hybridized carbons (Fsp3) is 0.467. The maximum absolute atomic E-state index is 10.1. The summed E-state index contributed by atoms with van der Waals surface area (Å²) >= 11 is 0. The number of benzene rings is 1. The van der Waals surface area contributed by atoms with Gasteiger partial charge >= 0.3 is 0 Å². The monoisotopic (exact) mass is 218 g/mol. The van der Waals surface area contributed by atoms with Gasteiger partial charge in [0.15, 0.2) is 0 Å². The highest BCUT2D eigenvalue weighted by Crippen LogP contribution is 2.27. The van der Waals surface area contributed by atoms with Crippen LogP contribution in [-0.2, 0) is 19.3 Å². The largest absolute Gasteiger partial charge is 0.507 e. The summed E-state index contributed by atoms with van der Waals surface area (Å²) in [7, 11) is 0. The third kappa shape index (κ3) is 3.13. The first-order valence-corrected chi connectivity index (χ1v) is 6.17. The quantitative estimate of drug-likeness (QED) is 0.715. The number of aryl methyl sites for hydroxylation is 2. The second-order valence-electron chi connectivity index (χ2n) is 4.26. The highest BCUT2D eigenvalue weighted by molar-refractivity contribution is 5.44. The fourth-order valence-corrected chi connectivity index (χ4v) is 2.04. The van der Waals surface area contributed by atoms with Crippen LogP contribution in [0.1, 0.15) is 43.4 Å². The van der Waals surface area contributed by atoms with Gasteiger partial charge in [-0.05, 0) is 36.0 Å². The summed E-state index contributed by atoms with van der Waals surface area (Å²) in [5.74, 6) is 0.511. The smallest absolute Gasteiger partial charge is 0.121 e. The van der Waals surface area contributed by atoms with Gasteiger partial charge in [-0.15, -0.1) is 6.58 Å². The van der Waals surface area contributed by atoms with Gasteiger partial charge in [-0.2, -0.15) is 0 Å². The standard InChI is InChI=1S/C15H22O/c1-4-7-12-10-13(8-5-2)15(16)14(11-12)9-6-3/h4,10-11,16H,1,5-9H2,2-3H3. The maximum Gasteiger partial charge on any atom is 0.121 e. The molecule has 0 fully saturated rings. The summed E-state index contributed by atoms with van der Waals surface area (Å²) in [6, 6.07) is 4.22. The minimum absolute atomic E-state index is 0.511. The van der Waals surface area contributed by atoms with Crippen LogP contribution in [0, 0.1) is 0 Å². The molecule has 1 aromatic carbocycles. The van der Waals surface area contributed by atoms with Crippen LogP contribution in [0.2, 0.25) is 0 Å². The zero-order valence-electron chi connectivity index (χ0n) is 10.4. The molecular weight excluding hydrogens is 196 g/mol. The van der Waals surface area contributed by atoms with Gasteiger partial charge in [0.25, 0.3) is 0 Å². The van der Waals surface area contributed by atoms with Gasteiger partial charge in [0.1, 0.15) is 5.75 Å². The Morgan fingerprint density at radius 3 is 2.00 bits per heavy atom. The lowest BCUT2D eigenvalue weighted by molar-refractivity contribution is 0.459. The normalized spacial score (nSPS) is 10.4. The van der Waals surface area contributed by atoms with Crippen LogP contribution in [0.5, 0.6) is 5.75 Å². The molecule has 88 valence electrons. The van der Waals surface area contributed by atoms with Gasteiger partial charge in [0, 0.05) is 0 Å². The van der Waals surface area contributed by atoms with Gasteiger partial charge in [0.05, 0.1) is 0 Å². The Hall–Kier alpha value is -1.24. The van der Waals surface area contributed by atoms with Gasteiger partial charge in [-0.3, -0.25) is 0 Å². The van der Waals surface area contributed by atoms with Gasteiger partial charge < -0.3 is 5.11 Å². The molecule has 0 unspecified atom stereocenters. The molecule has 0 amide bonds. The van der Waals surface area contributed by atoms with E-state index in [1.807, 2.05) is 6.08 Å². The van der Waals surface area contributed by atoms with E-state index in [4.69, 9.17) is 0 Å². The van der Waals surface area contributed by atoms with Crippen molar-refractivity contribution in [1.29, 1.82) is 0 Å². The van der Waals surface area contributed by atoms with E-state index in [9.17, 15) is 5.11 Å². The van der Waals surface area contributed by atoms with Crippen molar-refractivity contribution in [2.75, 3.05) is 0 Å². The lowest BCUT2D eigenvalue weighted by Gasteiger charge is -2.11. The highest BCUT2D eigenvalue weighted by Gasteiger charge is 2.08. The average molecular weight is 218 g/mol. The molecule has 0 bridgehead atoms. The minimum atomic E-state index is 0.511. The Morgan fingerprint density at radius 2 is 1.62 bits per heavy atom. The van der Waals surface area contributed by atoms with E-state index < -0.39 is 0 Å². The Labute approximate surface area is 98.8 Å². The summed E-state index contributed by atoms with van der Waals surface area (Å²) in [5.41, 5.74) is 3.44. The average Bonchev–Trinajstić information content (AvgIpc) is 2.26. The number of hydrogen-bond acceptors (Lipinski definition) is 1. The molecule has 16 heavy (non-hydrogen) atoms. The number of allylic oxidation sites excluding steroid dienone is 1. The number of rotatable bonds is 6. The van der Waals surface area contributed by atoms with E-state index in [2.05, 4.69) is 32.6 Å². The summed E-state index contributed by atoms with van der Waals surface area (Å²) in [6.45, 7) is 8.04. The number of hydrogen-bond donors (Lipinski definition) is 1. The van der Waals surface area contributed by atoms with Crippen molar-refractivity contribution in [3.63, 3.8) is 0 Å². The summed E-state index contributed by atoms with van der Waals surface area (Å²) < 4.78 is 0. The first-order valence-electron chi connectivity index (χ1n) is 6.17. The van der Waals surface area contributed by atoms with Crippen molar-refractivity contribution in [1.82, 2.24) is 0 Å². The molecule has 1 N–H and O–H groups in total. The molecule has 0 aliphatic heterocycles. The van der Waals surface area contributed by atoms with Crippen molar-refractivity contribution < 1.29 is 5.11 Å². The van der Waals surface area contributed by atoms with Gasteiger partial charge in [0.2, 0.25) is 0 Å². The van der Waals surface area contributed by atoms with Crippen molar-refractivity contribution in [3.05, 3.63) is 41.5 Å². The molecule has 0 saturated heterocycles. The first kappa shape index (κ1) is 12.8. The first-order chi connectivity index (χ1) is 7.72. The lowest BCUT2D eigenvalue weighted by Crippen LogP contribution is -1.95. The van der Waals surface area contributed by atoms with E-state index in [0.29, 0.717) is 5.75 Å². The van der Waals surface area contributed by atoms with Crippen LogP contribution in [-0.4, -0.2) is 5.11 Å². The summed E-state index contributed by atoms with van der Waals surface area (Å²) in [5, 5.41) is 10.1. The Bertz CT molecular complexity index is 325. The molecule has 1 heteroatoms. The fourth-order valence-electron chi connectivity index (χ4n) is 2.04. The predicted octanol–water partition coefficient (Wildman–Crippen LogP) is 4.03. The summed E-state index contributed by atoms with van der Waals surface area (Å²) in [4.78, 5) is 0. The molecule has 0 atom stereocenters. The van der Waals surface area contributed by atoms with E-state index in [1.54, 1.807) is 0 Å². The van der Waals surface area contributed by atoms with Crippen molar-refractivity contribution in [2.24, 2.45) is 0 Å². The molecule has 0 aliphatic carbocycles. The molecule has 0 spiro atoms. The SMILES string of the molecule is C=CCc1cc(CCC)c(O)c(CCC)c1. The van der Waals surface area contributed by atoms with E-state index in [0.717, 1.165) is 43.2 Å². The van der Waals surface area contributed by atoms with Crippen LogP contribution >= 0.6 is 0 Å². The summed E-state index contributed by atoms with van der Waals surface area (Å²) in [6.07, 6.45) is 6.83. The van der Waals surface area contributed by atoms with E-state index in [1.165, 1.54) is 5.56 Å². The predicted molar refractivity (Wildman–Crippen MR) is 70.0 cm³/mol.